The Hall–Kier alpha value is -6.40. The number of fused-ring (bicyclic) bond motifs is 2. The maximum Gasteiger partial charge on any atom is 0.262 e. The number of primary amides is 1. The summed E-state index contributed by atoms with van der Waals surface area (Å²) >= 11 is 0. The number of carbonyl (C=O) groups excluding carboxylic acids is 5. The first-order chi connectivity index (χ1) is 30.1. The van der Waals surface area contributed by atoms with Gasteiger partial charge >= 0.3 is 0 Å². The second kappa shape index (κ2) is 15.7. The molecule has 3 saturated heterocycles. The first kappa shape index (κ1) is 41.9. The summed E-state index contributed by atoms with van der Waals surface area (Å²) in [4.78, 5) is 86.3. The molecule has 1 aliphatic carbocycles. The lowest BCUT2D eigenvalue weighted by molar-refractivity contribution is -0.215. The number of anilines is 2. The summed E-state index contributed by atoms with van der Waals surface area (Å²) in [5, 5.41) is 10.3. The summed E-state index contributed by atoms with van der Waals surface area (Å²) < 4.78 is 6.68. The van der Waals surface area contributed by atoms with Crippen LogP contribution >= 0.6 is 0 Å². The number of amides is 5. The van der Waals surface area contributed by atoms with Crippen LogP contribution in [-0.4, -0.2) is 118 Å². The Morgan fingerprint density at radius 2 is 1.62 bits per heavy atom. The number of benzene rings is 2. The number of carbonyl (C=O) groups is 5. The summed E-state index contributed by atoms with van der Waals surface area (Å²) in [5.41, 5.74) is 6.71. The molecule has 4 fully saturated rings. The molecule has 5 amide bonds. The molecule has 4 aromatic rings. The number of pyridine rings is 2. The number of nitrogens with zero attached hydrogens (tertiary/aromatic N) is 8. The number of piperazine rings is 1. The molecule has 5 aliphatic rings. The molecule has 0 unspecified atom stereocenters. The van der Waals surface area contributed by atoms with Gasteiger partial charge in [-0.05, 0) is 86.7 Å². The molecular formula is C48H53N9O6. The Morgan fingerprint density at radius 3 is 2.30 bits per heavy atom. The van der Waals surface area contributed by atoms with E-state index in [1.807, 2.05) is 45.9 Å². The number of imide groups is 2. The van der Waals surface area contributed by atoms with Crippen molar-refractivity contribution in [3.63, 3.8) is 0 Å². The largest absolute Gasteiger partial charge is 0.488 e. The molecule has 0 radical (unpaired) electrons. The van der Waals surface area contributed by atoms with Crippen molar-refractivity contribution in [2.45, 2.75) is 84.5 Å². The molecule has 0 spiro atoms. The van der Waals surface area contributed by atoms with Crippen LogP contribution in [0.1, 0.15) is 96.9 Å². The number of ether oxygens (including phenoxy) is 1. The van der Waals surface area contributed by atoms with Crippen molar-refractivity contribution in [3.05, 3.63) is 89.2 Å². The molecule has 15 heteroatoms. The average molecular weight is 852 g/mol. The van der Waals surface area contributed by atoms with Crippen LogP contribution in [-0.2, 0) is 9.59 Å². The summed E-state index contributed by atoms with van der Waals surface area (Å²) in [6.07, 6.45) is 4.88. The Morgan fingerprint density at radius 1 is 0.873 bits per heavy atom. The van der Waals surface area contributed by atoms with Crippen LogP contribution in [0.15, 0.2) is 67.0 Å². The quantitative estimate of drug-likeness (QED) is 0.222. The smallest absolute Gasteiger partial charge is 0.262 e. The molecular weight excluding hydrogens is 799 g/mol. The number of nitriles is 1. The van der Waals surface area contributed by atoms with E-state index in [-0.39, 0.29) is 35.9 Å². The van der Waals surface area contributed by atoms with Crippen molar-refractivity contribution in [1.29, 1.82) is 5.26 Å². The standard InChI is InChI=1S/C48H53N9O6/c1-28-26-55(22-21-54(28)27-29-16-19-53(20-17-29)38-14-9-31(25-52-38)41(50)59)32-10-11-33-35(23-32)43(61)56(42(33)60)36-12-15-39(58)57(44(36)62)45-47(2,3)46(48(45,4)5)63-37-13-8-30(24-49)40-34(37)7-6-18-51-40/h6-11,13-14,18,23,25,28-29,36,45-46H,12,15-17,19-22,26-27H2,1-5H3,(H2,50,59)/t28-,36-,45?,46?/m1/s1. The maximum atomic E-state index is 14.6. The maximum absolute atomic E-state index is 14.6. The Balaban J connectivity index is 0.845. The minimum absolute atomic E-state index is 0.0137. The molecule has 0 bridgehead atoms. The number of aromatic nitrogens is 2. The molecule has 6 heterocycles. The van der Waals surface area contributed by atoms with Crippen LogP contribution in [0.5, 0.6) is 5.75 Å². The van der Waals surface area contributed by atoms with Gasteiger partial charge < -0.3 is 20.3 Å². The lowest BCUT2D eigenvalue weighted by Gasteiger charge is -2.66. The summed E-state index contributed by atoms with van der Waals surface area (Å²) in [5.74, 6) is -0.452. The molecule has 2 N–H and O–H groups in total. The fourth-order valence-corrected chi connectivity index (χ4v) is 11.5. The number of piperidine rings is 2. The molecule has 4 aliphatic heterocycles. The Labute approximate surface area is 366 Å². The van der Waals surface area contributed by atoms with Crippen molar-refractivity contribution in [2.75, 3.05) is 49.1 Å². The second-order valence-electron chi connectivity index (χ2n) is 19.0. The molecule has 326 valence electrons. The van der Waals surface area contributed by atoms with Gasteiger partial charge in [-0.3, -0.25) is 43.7 Å². The molecule has 2 atom stereocenters. The van der Waals surface area contributed by atoms with Gasteiger partial charge in [-0.1, -0.05) is 27.7 Å². The number of rotatable bonds is 9. The van der Waals surface area contributed by atoms with Gasteiger partial charge in [0.1, 0.15) is 29.8 Å². The average Bonchev–Trinajstić information content (AvgIpc) is 3.52. The van der Waals surface area contributed by atoms with E-state index in [0.29, 0.717) is 33.7 Å². The van der Waals surface area contributed by atoms with Gasteiger partial charge in [-0.15, -0.1) is 0 Å². The highest BCUT2D eigenvalue weighted by molar-refractivity contribution is 6.23. The van der Waals surface area contributed by atoms with Gasteiger partial charge in [-0.25, -0.2) is 4.98 Å². The zero-order valence-corrected chi connectivity index (χ0v) is 36.4. The second-order valence-corrected chi connectivity index (χ2v) is 19.0. The zero-order chi connectivity index (χ0) is 44.5. The van der Waals surface area contributed by atoms with Crippen LogP contribution in [0, 0.1) is 28.1 Å². The third-order valence-electron chi connectivity index (χ3n) is 14.3. The number of likely N-dealkylation sites (tertiary alicyclic amines) is 1. The highest BCUT2D eigenvalue weighted by Crippen LogP contribution is 2.59. The van der Waals surface area contributed by atoms with Crippen molar-refractivity contribution in [3.8, 4) is 11.8 Å². The van der Waals surface area contributed by atoms with E-state index in [9.17, 15) is 29.2 Å². The minimum Gasteiger partial charge on any atom is -0.488 e. The van der Waals surface area contributed by atoms with E-state index in [1.54, 1.807) is 42.6 Å². The molecule has 63 heavy (non-hydrogen) atoms. The van der Waals surface area contributed by atoms with Gasteiger partial charge in [0, 0.05) is 86.0 Å². The number of hydrogen-bond donors (Lipinski definition) is 1. The summed E-state index contributed by atoms with van der Waals surface area (Å²) in [7, 11) is 0. The highest BCUT2D eigenvalue weighted by Gasteiger charge is 2.68. The fourth-order valence-electron chi connectivity index (χ4n) is 11.5. The normalized spacial score (nSPS) is 25.0. The third kappa shape index (κ3) is 7.04. The van der Waals surface area contributed by atoms with Crippen molar-refractivity contribution < 1.29 is 28.7 Å². The van der Waals surface area contributed by atoms with Crippen LogP contribution in [0.4, 0.5) is 11.5 Å². The Kier molecular flexibility index (Phi) is 10.5. The number of hydrogen-bond acceptors (Lipinski definition) is 12. The molecule has 2 aromatic heterocycles. The first-order valence-electron chi connectivity index (χ1n) is 21.9. The van der Waals surface area contributed by atoms with Gasteiger partial charge in [-0.2, -0.15) is 5.26 Å². The highest BCUT2D eigenvalue weighted by atomic mass is 16.5. The van der Waals surface area contributed by atoms with Crippen LogP contribution in [0.25, 0.3) is 10.9 Å². The van der Waals surface area contributed by atoms with E-state index in [2.05, 4.69) is 37.7 Å². The van der Waals surface area contributed by atoms with E-state index in [1.165, 1.54) is 11.1 Å². The third-order valence-corrected chi connectivity index (χ3v) is 14.3. The van der Waals surface area contributed by atoms with E-state index in [4.69, 9.17) is 10.5 Å². The van der Waals surface area contributed by atoms with Gasteiger partial charge in [0.15, 0.2) is 0 Å². The summed E-state index contributed by atoms with van der Waals surface area (Å²) in [6, 6.07) is 16.8. The fraction of sp³-hybridized carbons (Fsp3) is 0.458. The van der Waals surface area contributed by atoms with Gasteiger partial charge in [0.05, 0.1) is 33.8 Å². The topological polar surface area (TPSA) is 186 Å². The molecule has 1 saturated carbocycles. The SMILES string of the molecule is C[C@@H]1CN(c2ccc3c(c2)C(=O)N([C@@H]2CCC(=O)N(C4C(C)(C)C(Oc5ccc(C#N)c6ncccc56)C4(C)C)C2=O)C3=O)CCN1CC1CCN(c2ccc(C(N)=O)cn2)CC1. The van der Waals surface area contributed by atoms with Crippen LogP contribution in [0.3, 0.4) is 0 Å². The van der Waals surface area contributed by atoms with Crippen molar-refractivity contribution in [1.82, 2.24) is 24.7 Å². The van der Waals surface area contributed by atoms with Gasteiger partial charge in [0.2, 0.25) is 11.8 Å². The monoisotopic (exact) mass is 851 g/mol. The zero-order valence-electron chi connectivity index (χ0n) is 36.4. The molecule has 9 rings (SSSR count). The molecule has 2 aromatic carbocycles. The lowest BCUT2D eigenvalue weighted by atomic mass is 9.48. The van der Waals surface area contributed by atoms with Crippen LogP contribution < -0.4 is 20.3 Å². The minimum atomic E-state index is -1.12. The van der Waals surface area contributed by atoms with E-state index in [0.717, 1.165) is 68.5 Å². The predicted molar refractivity (Wildman–Crippen MR) is 235 cm³/mol. The lowest BCUT2D eigenvalue weighted by Crippen LogP contribution is -2.77. The van der Waals surface area contributed by atoms with E-state index < -0.39 is 52.6 Å². The predicted octanol–water partition coefficient (Wildman–Crippen LogP) is 5.02. The number of nitrogens with two attached hydrogens (primary N) is 1. The first-order valence-corrected chi connectivity index (χ1v) is 21.9. The summed E-state index contributed by atoms with van der Waals surface area (Å²) in [6.45, 7) is 15.2. The molecule has 15 nitrogen and oxygen atoms in total. The van der Waals surface area contributed by atoms with Crippen molar-refractivity contribution >= 4 is 51.9 Å². The van der Waals surface area contributed by atoms with Gasteiger partial charge in [0.25, 0.3) is 17.7 Å². The van der Waals surface area contributed by atoms with Crippen molar-refractivity contribution in [2.24, 2.45) is 22.5 Å². The van der Waals surface area contributed by atoms with Crippen LogP contribution in [0.2, 0.25) is 0 Å². The Bertz CT molecular complexity index is 2560. The van der Waals surface area contributed by atoms with E-state index >= 15 is 0 Å².